The number of nitrogen functional groups attached to an aromatic ring is 1. The van der Waals surface area contributed by atoms with Crippen LogP contribution < -0.4 is 5.73 Å². The van der Waals surface area contributed by atoms with Crippen molar-refractivity contribution in [3.05, 3.63) is 22.6 Å². The van der Waals surface area contributed by atoms with Gasteiger partial charge < -0.3 is 10.3 Å². The number of nitrogens with zero attached hydrogens (tertiary/aromatic N) is 1. The van der Waals surface area contributed by atoms with Gasteiger partial charge in [-0.05, 0) is 26.0 Å². The van der Waals surface area contributed by atoms with E-state index >= 15 is 0 Å². The van der Waals surface area contributed by atoms with E-state index in [1.54, 1.807) is 11.3 Å². The van der Waals surface area contributed by atoms with Crippen LogP contribution in [0.3, 0.4) is 0 Å². The van der Waals surface area contributed by atoms with Gasteiger partial charge in [0.25, 0.3) is 0 Å². The zero-order chi connectivity index (χ0) is 9.42. The van der Waals surface area contributed by atoms with Crippen molar-refractivity contribution >= 4 is 17.2 Å². The molecular formula is C9H10N2OS. The molecule has 0 aliphatic carbocycles. The highest BCUT2D eigenvalue weighted by Gasteiger charge is 2.12. The number of thiophene rings is 1. The van der Waals surface area contributed by atoms with Crippen molar-refractivity contribution in [3.8, 4) is 10.6 Å². The molecule has 0 aliphatic heterocycles. The summed E-state index contributed by atoms with van der Waals surface area (Å²) in [4.78, 5) is 2.34. The summed E-state index contributed by atoms with van der Waals surface area (Å²) in [7, 11) is 0. The van der Waals surface area contributed by atoms with Gasteiger partial charge in [0.05, 0.1) is 4.88 Å². The molecule has 0 bridgehead atoms. The van der Waals surface area contributed by atoms with Crippen LogP contribution >= 0.6 is 11.3 Å². The Labute approximate surface area is 80.2 Å². The lowest BCUT2D eigenvalue weighted by molar-refractivity contribution is 0.436. The molecule has 0 fully saturated rings. The molecule has 2 aromatic heterocycles. The average Bonchev–Trinajstić information content (AvgIpc) is 2.62. The minimum atomic E-state index is 0.473. The fourth-order valence-electron chi connectivity index (χ4n) is 1.13. The van der Waals surface area contributed by atoms with E-state index in [2.05, 4.69) is 18.1 Å². The van der Waals surface area contributed by atoms with E-state index in [1.165, 1.54) is 4.88 Å². The van der Waals surface area contributed by atoms with E-state index in [0.717, 1.165) is 16.2 Å². The fourth-order valence-corrected chi connectivity index (χ4v) is 2.04. The highest BCUT2D eigenvalue weighted by atomic mass is 32.1. The monoisotopic (exact) mass is 194 g/mol. The molecule has 0 aromatic carbocycles. The highest BCUT2D eigenvalue weighted by Crippen LogP contribution is 2.32. The van der Waals surface area contributed by atoms with Crippen LogP contribution in [0.4, 0.5) is 5.82 Å². The summed E-state index contributed by atoms with van der Waals surface area (Å²) in [6.45, 7) is 3.97. The second kappa shape index (κ2) is 2.88. The standard InChI is InChI=1S/C9H10N2OS/c1-5-3-4-7(13-5)8-6(2)9(10)11-12-8/h3-4H,1-2H3,(H2,10,11). The van der Waals surface area contributed by atoms with E-state index in [9.17, 15) is 0 Å². The van der Waals surface area contributed by atoms with Gasteiger partial charge in [0.1, 0.15) is 0 Å². The molecule has 68 valence electrons. The zero-order valence-electron chi connectivity index (χ0n) is 7.50. The quantitative estimate of drug-likeness (QED) is 0.759. The number of anilines is 1. The number of hydrogen-bond acceptors (Lipinski definition) is 4. The summed E-state index contributed by atoms with van der Waals surface area (Å²) in [5, 5.41) is 3.71. The van der Waals surface area contributed by atoms with Crippen LogP contribution in [0.1, 0.15) is 10.4 Å². The Morgan fingerprint density at radius 1 is 1.38 bits per heavy atom. The van der Waals surface area contributed by atoms with Crippen LogP contribution in [0, 0.1) is 13.8 Å². The minimum absolute atomic E-state index is 0.473. The zero-order valence-corrected chi connectivity index (χ0v) is 8.31. The Bertz CT molecular complexity index is 431. The van der Waals surface area contributed by atoms with E-state index in [4.69, 9.17) is 10.3 Å². The summed E-state index contributed by atoms with van der Waals surface area (Å²) in [6.07, 6.45) is 0. The molecule has 0 radical (unpaired) electrons. The maximum Gasteiger partial charge on any atom is 0.181 e. The summed E-state index contributed by atoms with van der Waals surface area (Å²) >= 11 is 1.68. The summed E-state index contributed by atoms with van der Waals surface area (Å²) in [6, 6.07) is 4.07. The van der Waals surface area contributed by atoms with Crippen LogP contribution in [0.5, 0.6) is 0 Å². The predicted octanol–water partition coefficient (Wildman–Crippen LogP) is 2.60. The summed E-state index contributed by atoms with van der Waals surface area (Å²) in [5.41, 5.74) is 6.50. The number of aromatic nitrogens is 1. The Kier molecular flexibility index (Phi) is 1.84. The first kappa shape index (κ1) is 8.31. The van der Waals surface area contributed by atoms with Gasteiger partial charge in [-0.25, -0.2) is 0 Å². The molecule has 0 saturated heterocycles. The maximum atomic E-state index is 5.58. The SMILES string of the molecule is Cc1ccc(-c2onc(N)c2C)s1. The van der Waals surface area contributed by atoms with Gasteiger partial charge in [0.15, 0.2) is 11.6 Å². The third kappa shape index (κ3) is 1.33. The molecule has 13 heavy (non-hydrogen) atoms. The van der Waals surface area contributed by atoms with Gasteiger partial charge in [-0.15, -0.1) is 11.3 Å². The Morgan fingerprint density at radius 2 is 2.15 bits per heavy atom. The predicted molar refractivity (Wildman–Crippen MR) is 53.7 cm³/mol. The second-order valence-corrected chi connectivity index (χ2v) is 4.22. The van der Waals surface area contributed by atoms with Crippen molar-refractivity contribution in [1.82, 2.24) is 5.16 Å². The van der Waals surface area contributed by atoms with Crippen molar-refractivity contribution in [1.29, 1.82) is 0 Å². The van der Waals surface area contributed by atoms with Gasteiger partial charge in [0.2, 0.25) is 0 Å². The van der Waals surface area contributed by atoms with E-state index in [-0.39, 0.29) is 0 Å². The van der Waals surface area contributed by atoms with Crippen molar-refractivity contribution in [3.63, 3.8) is 0 Å². The van der Waals surface area contributed by atoms with Crippen LogP contribution in [-0.2, 0) is 0 Å². The number of rotatable bonds is 1. The smallest absolute Gasteiger partial charge is 0.181 e. The Balaban J connectivity index is 2.52. The van der Waals surface area contributed by atoms with E-state index < -0.39 is 0 Å². The molecule has 0 unspecified atom stereocenters. The molecule has 0 atom stereocenters. The largest absolute Gasteiger partial charge is 0.381 e. The fraction of sp³-hybridized carbons (Fsp3) is 0.222. The van der Waals surface area contributed by atoms with Crippen molar-refractivity contribution in [2.45, 2.75) is 13.8 Å². The highest BCUT2D eigenvalue weighted by molar-refractivity contribution is 7.15. The van der Waals surface area contributed by atoms with Crippen molar-refractivity contribution in [2.24, 2.45) is 0 Å². The normalized spacial score (nSPS) is 10.6. The minimum Gasteiger partial charge on any atom is -0.381 e. The van der Waals surface area contributed by atoms with Crippen LogP contribution in [0.25, 0.3) is 10.6 Å². The van der Waals surface area contributed by atoms with Crippen LogP contribution in [0.2, 0.25) is 0 Å². The molecule has 2 N–H and O–H groups in total. The van der Waals surface area contributed by atoms with E-state index in [0.29, 0.717) is 5.82 Å². The third-order valence-corrected chi connectivity index (χ3v) is 2.92. The lowest BCUT2D eigenvalue weighted by Gasteiger charge is -1.89. The Hall–Kier alpha value is -1.29. The van der Waals surface area contributed by atoms with Crippen molar-refractivity contribution in [2.75, 3.05) is 5.73 Å². The molecule has 0 amide bonds. The molecule has 0 aliphatic rings. The topological polar surface area (TPSA) is 52.0 Å². The van der Waals surface area contributed by atoms with Crippen LogP contribution in [0.15, 0.2) is 16.7 Å². The van der Waals surface area contributed by atoms with Gasteiger partial charge in [-0.1, -0.05) is 5.16 Å². The first-order valence-electron chi connectivity index (χ1n) is 3.97. The summed E-state index contributed by atoms with van der Waals surface area (Å²) < 4.78 is 5.13. The summed E-state index contributed by atoms with van der Waals surface area (Å²) in [5.74, 6) is 1.26. The van der Waals surface area contributed by atoms with Gasteiger partial charge >= 0.3 is 0 Å². The molecule has 2 rings (SSSR count). The lowest BCUT2D eigenvalue weighted by atomic mass is 10.2. The Morgan fingerprint density at radius 3 is 2.62 bits per heavy atom. The number of hydrogen-bond donors (Lipinski definition) is 1. The molecule has 2 heterocycles. The maximum absolute atomic E-state index is 5.58. The lowest BCUT2D eigenvalue weighted by Crippen LogP contribution is -1.85. The molecule has 2 aromatic rings. The van der Waals surface area contributed by atoms with Crippen LogP contribution in [-0.4, -0.2) is 5.16 Å². The van der Waals surface area contributed by atoms with Gasteiger partial charge in [0, 0.05) is 10.4 Å². The molecule has 4 heteroatoms. The molecule has 0 spiro atoms. The second-order valence-electron chi connectivity index (χ2n) is 2.93. The first-order chi connectivity index (χ1) is 6.18. The first-order valence-corrected chi connectivity index (χ1v) is 4.78. The molecular weight excluding hydrogens is 184 g/mol. The molecule has 0 saturated carbocycles. The van der Waals surface area contributed by atoms with Gasteiger partial charge in [-0.2, -0.15) is 0 Å². The number of aryl methyl sites for hydroxylation is 1. The number of nitrogens with two attached hydrogens (primary N) is 1. The van der Waals surface area contributed by atoms with Crippen molar-refractivity contribution < 1.29 is 4.52 Å². The third-order valence-electron chi connectivity index (χ3n) is 1.92. The average molecular weight is 194 g/mol. The van der Waals surface area contributed by atoms with E-state index in [1.807, 2.05) is 13.0 Å². The molecule has 3 nitrogen and oxygen atoms in total. The van der Waals surface area contributed by atoms with Gasteiger partial charge in [-0.3, -0.25) is 0 Å².